The molecule has 2 aliphatic heterocycles. The van der Waals surface area contributed by atoms with Crippen LogP contribution >= 0.6 is 0 Å². The number of anilines is 1. The number of hydrogen-bond acceptors (Lipinski definition) is 9. The highest BCUT2D eigenvalue weighted by atomic mass is 16.5. The summed E-state index contributed by atoms with van der Waals surface area (Å²) in [5.74, 6) is 0.813. The van der Waals surface area contributed by atoms with Crippen molar-refractivity contribution >= 4 is 11.9 Å². The van der Waals surface area contributed by atoms with Crippen LogP contribution in [0.2, 0.25) is 0 Å². The molecule has 1 aromatic heterocycles. The number of aromatic nitrogens is 2. The van der Waals surface area contributed by atoms with Crippen molar-refractivity contribution in [2.24, 2.45) is 5.92 Å². The van der Waals surface area contributed by atoms with Crippen LogP contribution in [0, 0.1) is 12.8 Å². The third-order valence-corrected chi connectivity index (χ3v) is 9.11. The number of fused-ring (bicyclic) bond motifs is 1. The largest absolute Gasteiger partial charge is 0.496 e. The van der Waals surface area contributed by atoms with Gasteiger partial charge in [0, 0.05) is 62.8 Å². The molecule has 0 spiro atoms. The molecule has 2 aliphatic rings. The predicted octanol–water partition coefficient (Wildman–Crippen LogP) is 4.87. The molecule has 242 valence electrons. The topological polar surface area (TPSA) is 117 Å². The SMILES string of the molecule is CCO[C@H]1CN(c2nccc(-c3cccc(C)c3OCc3cc4c(c(OC)c3)CN(C(CC)CCO)CC4)n2)CC[C@H]1C(=O)O. The van der Waals surface area contributed by atoms with Crippen LogP contribution in [0.15, 0.2) is 42.6 Å². The number of aryl methyl sites for hydroxylation is 1. The summed E-state index contributed by atoms with van der Waals surface area (Å²) in [5.41, 5.74) is 6.15. The summed E-state index contributed by atoms with van der Waals surface area (Å²) in [5, 5.41) is 19.2. The lowest BCUT2D eigenvalue weighted by atomic mass is 9.94. The molecule has 1 fully saturated rings. The van der Waals surface area contributed by atoms with E-state index in [0.717, 1.165) is 66.2 Å². The highest BCUT2D eigenvalue weighted by Gasteiger charge is 2.35. The molecule has 0 bridgehead atoms. The van der Waals surface area contributed by atoms with E-state index in [0.29, 0.717) is 44.7 Å². The molecule has 5 rings (SSSR count). The highest BCUT2D eigenvalue weighted by Crippen LogP contribution is 2.36. The average Bonchev–Trinajstić information content (AvgIpc) is 3.06. The van der Waals surface area contributed by atoms with Gasteiger partial charge in [0.25, 0.3) is 0 Å². The number of piperidine rings is 1. The van der Waals surface area contributed by atoms with E-state index in [1.807, 2.05) is 43.0 Å². The molecule has 45 heavy (non-hydrogen) atoms. The van der Waals surface area contributed by atoms with Crippen molar-refractivity contribution in [2.45, 2.75) is 71.8 Å². The molecule has 2 N–H and O–H groups in total. The summed E-state index contributed by atoms with van der Waals surface area (Å²) in [6, 6.07) is 12.6. The number of carboxylic acids is 1. The lowest BCUT2D eigenvalue weighted by Crippen LogP contribution is -2.48. The molecule has 1 saturated heterocycles. The number of aliphatic carboxylic acids is 1. The molecule has 10 nitrogen and oxygen atoms in total. The van der Waals surface area contributed by atoms with Gasteiger partial charge in [0.15, 0.2) is 0 Å². The number of benzene rings is 2. The Morgan fingerprint density at radius 1 is 1.18 bits per heavy atom. The Labute approximate surface area is 266 Å². The smallest absolute Gasteiger partial charge is 0.309 e. The fourth-order valence-electron chi connectivity index (χ4n) is 6.70. The number of methoxy groups -OCH3 is 1. The highest BCUT2D eigenvalue weighted by molar-refractivity contribution is 5.72. The average molecular weight is 619 g/mol. The minimum absolute atomic E-state index is 0.201. The normalized spacial score (nSPS) is 19.2. The first-order valence-electron chi connectivity index (χ1n) is 16.0. The van der Waals surface area contributed by atoms with Gasteiger partial charge in [0.1, 0.15) is 18.1 Å². The Bertz CT molecular complexity index is 1450. The van der Waals surface area contributed by atoms with Crippen LogP contribution in [0.25, 0.3) is 11.3 Å². The molecule has 0 saturated carbocycles. The van der Waals surface area contributed by atoms with Gasteiger partial charge < -0.3 is 29.3 Å². The molecular weight excluding hydrogens is 572 g/mol. The Hall–Kier alpha value is -3.73. The number of nitrogens with zero attached hydrogens (tertiary/aromatic N) is 4. The van der Waals surface area contributed by atoms with Crippen LogP contribution in [0.4, 0.5) is 5.95 Å². The number of aliphatic hydroxyl groups excluding tert-OH is 1. The second-order valence-electron chi connectivity index (χ2n) is 11.9. The fraction of sp³-hybridized carbons (Fsp3) is 0.514. The van der Waals surface area contributed by atoms with Crippen molar-refractivity contribution in [2.75, 3.05) is 44.9 Å². The molecule has 3 atom stereocenters. The zero-order valence-electron chi connectivity index (χ0n) is 26.9. The van der Waals surface area contributed by atoms with E-state index >= 15 is 0 Å². The minimum atomic E-state index is -0.828. The summed E-state index contributed by atoms with van der Waals surface area (Å²) in [4.78, 5) is 25.7. The maximum Gasteiger partial charge on any atom is 0.309 e. The van der Waals surface area contributed by atoms with Crippen molar-refractivity contribution in [1.82, 2.24) is 14.9 Å². The van der Waals surface area contributed by atoms with Gasteiger partial charge in [-0.1, -0.05) is 25.1 Å². The third-order valence-electron chi connectivity index (χ3n) is 9.11. The van der Waals surface area contributed by atoms with Crippen LogP contribution in [-0.2, 0) is 29.1 Å². The van der Waals surface area contributed by atoms with Crippen LogP contribution in [0.1, 0.15) is 55.4 Å². The lowest BCUT2D eigenvalue weighted by molar-refractivity contribution is -0.148. The maximum absolute atomic E-state index is 11.8. The van der Waals surface area contributed by atoms with Gasteiger partial charge in [-0.3, -0.25) is 9.69 Å². The van der Waals surface area contributed by atoms with Crippen LogP contribution in [-0.4, -0.2) is 83.2 Å². The number of rotatable bonds is 13. The summed E-state index contributed by atoms with van der Waals surface area (Å²) in [6.45, 7) is 9.85. The Balaban J connectivity index is 1.35. The monoisotopic (exact) mass is 618 g/mol. The van der Waals surface area contributed by atoms with Crippen molar-refractivity contribution < 1.29 is 29.2 Å². The Morgan fingerprint density at radius 3 is 2.76 bits per heavy atom. The summed E-state index contributed by atoms with van der Waals surface area (Å²) < 4.78 is 18.2. The van der Waals surface area contributed by atoms with Crippen LogP contribution in [0.5, 0.6) is 11.5 Å². The number of hydrogen-bond donors (Lipinski definition) is 2. The minimum Gasteiger partial charge on any atom is -0.496 e. The molecule has 1 unspecified atom stereocenters. The zero-order valence-corrected chi connectivity index (χ0v) is 26.9. The Morgan fingerprint density at radius 2 is 2.02 bits per heavy atom. The molecular formula is C35H46N4O6. The zero-order chi connectivity index (χ0) is 31.9. The van der Waals surface area contributed by atoms with Gasteiger partial charge >= 0.3 is 5.97 Å². The second kappa shape index (κ2) is 15.0. The van der Waals surface area contributed by atoms with E-state index in [4.69, 9.17) is 19.2 Å². The van der Waals surface area contributed by atoms with Gasteiger partial charge in [-0.15, -0.1) is 0 Å². The van der Waals surface area contributed by atoms with Crippen molar-refractivity contribution in [3.63, 3.8) is 0 Å². The fourth-order valence-corrected chi connectivity index (χ4v) is 6.70. The summed E-state index contributed by atoms with van der Waals surface area (Å²) in [6.07, 6.45) is 4.50. The van der Waals surface area contributed by atoms with Crippen molar-refractivity contribution in [3.05, 3.63) is 64.8 Å². The molecule has 0 aliphatic carbocycles. The third kappa shape index (κ3) is 7.40. The molecule has 2 aromatic carbocycles. The second-order valence-corrected chi connectivity index (χ2v) is 11.9. The molecule has 0 radical (unpaired) electrons. The van der Waals surface area contributed by atoms with Crippen LogP contribution < -0.4 is 14.4 Å². The van der Waals surface area contributed by atoms with E-state index < -0.39 is 18.0 Å². The lowest BCUT2D eigenvalue weighted by Gasteiger charge is -2.36. The maximum atomic E-state index is 11.8. The summed E-state index contributed by atoms with van der Waals surface area (Å²) in [7, 11) is 1.72. The molecule has 0 amide bonds. The van der Waals surface area contributed by atoms with Gasteiger partial charge in [-0.25, -0.2) is 9.97 Å². The molecule has 10 heteroatoms. The van der Waals surface area contributed by atoms with Crippen molar-refractivity contribution in [3.8, 4) is 22.8 Å². The predicted molar refractivity (Wildman–Crippen MR) is 173 cm³/mol. The van der Waals surface area contributed by atoms with Gasteiger partial charge in [-0.2, -0.15) is 0 Å². The quantitative estimate of drug-likeness (QED) is 0.275. The first-order valence-corrected chi connectivity index (χ1v) is 16.0. The molecule has 3 heterocycles. The number of ether oxygens (including phenoxy) is 3. The number of aliphatic hydroxyl groups is 1. The molecule has 3 aromatic rings. The van der Waals surface area contributed by atoms with Crippen LogP contribution in [0.3, 0.4) is 0 Å². The van der Waals surface area contributed by atoms with E-state index in [9.17, 15) is 15.0 Å². The number of carboxylic acid groups (broad SMARTS) is 1. The van der Waals surface area contributed by atoms with Crippen molar-refractivity contribution in [1.29, 1.82) is 0 Å². The Kier molecular flexibility index (Phi) is 10.9. The standard InChI is InChI=1S/C35H46N4O6/c1-5-26(13-17-40)38-15-11-25-18-24(19-31(43-4)29(25)20-38)22-45-33-23(3)8-7-9-27(33)30-10-14-36-35(37-30)39-16-12-28(34(41)42)32(21-39)44-6-2/h7-10,14,18-19,26,28,32,40H,5-6,11-13,15-17,20-22H2,1-4H3,(H,41,42)/t26?,28-,32+/m1/s1. The van der Waals surface area contributed by atoms with Gasteiger partial charge in [0.2, 0.25) is 5.95 Å². The number of para-hydroxylation sites is 1. The van der Waals surface area contributed by atoms with E-state index in [1.54, 1.807) is 13.3 Å². The van der Waals surface area contributed by atoms with E-state index in [2.05, 4.69) is 28.9 Å². The summed E-state index contributed by atoms with van der Waals surface area (Å²) >= 11 is 0. The van der Waals surface area contributed by atoms with E-state index in [-0.39, 0.29) is 6.61 Å². The van der Waals surface area contributed by atoms with E-state index in [1.165, 1.54) is 11.1 Å². The number of carbonyl (C=O) groups is 1. The van der Waals surface area contributed by atoms with Gasteiger partial charge in [0.05, 0.1) is 24.8 Å². The first-order chi connectivity index (χ1) is 21.9. The van der Waals surface area contributed by atoms with Gasteiger partial charge in [-0.05, 0) is 74.4 Å². The first kappa shape index (κ1) is 32.7.